The minimum Gasteiger partial charge on any atom is -0.493 e. The van der Waals surface area contributed by atoms with Gasteiger partial charge in [-0.2, -0.15) is 5.10 Å². The van der Waals surface area contributed by atoms with Crippen molar-refractivity contribution in [3.05, 3.63) is 40.1 Å². The van der Waals surface area contributed by atoms with Crippen molar-refractivity contribution in [2.45, 2.75) is 45.2 Å². The van der Waals surface area contributed by atoms with E-state index < -0.39 is 0 Å². The summed E-state index contributed by atoms with van der Waals surface area (Å²) in [6.45, 7) is 2.08. The van der Waals surface area contributed by atoms with E-state index in [1.807, 2.05) is 18.2 Å². The monoisotopic (exact) mass is 432 g/mol. The van der Waals surface area contributed by atoms with E-state index in [2.05, 4.69) is 10.4 Å². The summed E-state index contributed by atoms with van der Waals surface area (Å²) in [4.78, 5) is 24.9. The maximum absolute atomic E-state index is 12.5. The second-order valence-electron chi connectivity index (χ2n) is 7.75. The van der Waals surface area contributed by atoms with Crippen molar-refractivity contribution in [3.8, 4) is 11.5 Å². The molecular weight excluding hydrogens is 400 g/mol. The van der Waals surface area contributed by atoms with E-state index in [1.165, 1.54) is 4.68 Å². The number of methoxy groups -OCH3 is 3. The summed E-state index contributed by atoms with van der Waals surface area (Å²) in [5, 5.41) is 7.45. The SMILES string of the molecule is COCCn1nc2n(c1=O)CCC(CC(=O)NCCc1ccc(OC)c(OC)c1)CC2. The lowest BCUT2D eigenvalue weighted by atomic mass is 9.96. The predicted octanol–water partition coefficient (Wildman–Crippen LogP) is 1.41. The van der Waals surface area contributed by atoms with Crippen LogP contribution in [0.2, 0.25) is 0 Å². The Bertz CT molecular complexity index is 936. The number of carbonyl (C=O) groups is 1. The maximum atomic E-state index is 12.5. The van der Waals surface area contributed by atoms with Gasteiger partial charge in [-0.3, -0.25) is 9.36 Å². The Morgan fingerprint density at radius 2 is 2.00 bits per heavy atom. The van der Waals surface area contributed by atoms with Gasteiger partial charge in [0.15, 0.2) is 11.5 Å². The quantitative estimate of drug-likeness (QED) is 0.610. The van der Waals surface area contributed by atoms with E-state index in [0.29, 0.717) is 57.0 Å². The van der Waals surface area contributed by atoms with Gasteiger partial charge in [-0.15, -0.1) is 0 Å². The van der Waals surface area contributed by atoms with Gasteiger partial charge >= 0.3 is 5.69 Å². The molecule has 0 spiro atoms. The summed E-state index contributed by atoms with van der Waals surface area (Å²) in [7, 11) is 4.82. The Morgan fingerprint density at radius 3 is 2.74 bits per heavy atom. The molecule has 0 fully saturated rings. The van der Waals surface area contributed by atoms with Crippen LogP contribution in [0, 0.1) is 5.92 Å². The number of hydrogen-bond donors (Lipinski definition) is 1. The second-order valence-corrected chi connectivity index (χ2v) is 7.75. The molecule has 0 saturated carbocycles. The lowest BCUT2D eigenvalue weighted by Gasteiger charge is -2.14. The molecule has 1 aliphatic rings. The molecule has 0 bridgehead atoms. The van der Waals surface area contributed by atoms with Crippen LogP contribution in [-0.2, 0) is 35.5 Å². The number of aryl methyl sites for hydroxylation is 1. The highest BCUT2D eigenvalue weighted by atomic mass is 16.5. The van der Waals surface area contributed by atoms with Gasteiger partial charge in [-0.1, -0.05) is 6.07 Å². The fourth-order valence-corrected chi connectivity index (χ4v) is 3.93. The molecule has 1 amide bonds. The van der Waals surface area contributed by atoms with E-state index in [4.69, 9.17) is 14.2 Å². The summed E-state index contributed by atoms with van der Waals surface area (Å²) in [5.41, 5.74) is 0.981. The van der Waals surface area contributed by atoms with Gasteiger partial charge in [0.2, 0.25) is 5.91 Å². The molecule has 1 aromatic carbocycles. The van der Waals surface area contributed by atoms with E-state index in [1.54, 1.807) is 25.9 Å². The number of rotatable bonds is 10. The third kappa shape index (κ3) is 5.88. The number of aromatic nitrogens is 3. The van der Waals surface area contributed by atoms with Gasteiger partial charge in [0, 0.05) is 33.0 Å². The van der Waals surface area contributed by atoms with Gasteiger partial charge < -0.3 is 19.5 Å². The number of nitrogens with zero attached hydrogens (tertiary/aromatic N) is 3. The van der Waals surface area contributed by atoms with Crippen molar-refractivity contribution >= 4 is 5.91 Å². The molecule has 31 heavy (non-hydrogen) atoms. The van der Waals surface area contributed by atoms with Crippen LogP contribution in [0.25, 0.3) is 0 Å². The number of carbonyl (C=O) groups excluding carboxylic acids is 1. The summed E-state index contributed by atoms with van der Waals surface area (Å²) in [6, 6.07) is 5.77. The highest BCUT2D eigenvalue weighted by Crippen LogP contribution is 2.27. The highest BCUT2D eigenvalue weighted by Gasteiger charge is 2.22. The first-order valence-corrected chi connectivity index (χ1v) is 10.7. The number of benzene rings is 1. The molecule has 2 heterocycles. The van der Waals surface area contributed by atoms with Gasteiger partial charge in [-0.25, -0.2) is 9.48 Å². The molecule has 1 N–H and O–H groups in total. The maximum Gasteiger partial charge on any atom is 0.345 e. The van der Waals surface area contributed by atoms with Crippen molar-refractivity contribution in [1.29, 1.82) is 0 Å². The summed E-state index contributed by atoms with van der Waals surface area (Å²) < 4.78 is 18.8. The Balaban J connectivity index is 1.45. The van der Waals surface area contributed by atoms with E-state index in [0.717, 1.165) is 24.2 Å². The van der Waals surface area contributed by atoms with Crippen LogP contribution >= 0.6 is 0 Å². The predicted molar refractivity (Wildman–Crippen MR) is 116 cm³/mol. The molecule has 2 aromatic rings. The number of ether oxygens (including phenoxy) is 3. The van der Waals surface area contributed by atoms with Crippen LogP contribution in [0.4, 0.5) is 0 Å². The fraction of sp³-hybridized carbons (Fsp3) is 0.591. The lowest BCUT2D eigenvalue weighted by molar-refractivity contribution is -0.122. The topological polar surface area (TPSA) is 96.6 Å². The van der Waals surface area contributed by atoms with Crippen molar-refractivity contribution in [3.63, 3.8) is 0 Å². The molecule has 9 nitrogen and oxygen atoms in total. The molecule has 9 heteroatoms. The van der Waals surface area contributed by atoms with Gasteiger partial charge in [0.25, 0.3) is 0 Å². The first-order chi connectivity index (χ1) is 15.0. The van der Waals surface area contributed by atoms with Crippen LogP contribution in [0.5, 0.6) is 11.5 Å². The number of nitrogens with one attached hydrogen (secondary N) is 1. The fourth-order valence-electron chi connectivity index (χ4n) is 3.93. The normalized spacial score (nSPS) is 15.8. The summed E-state index contributed by atoms with van der Waals surface area (Å²) in [5.74, 6) is 2.47. The number of fused-ring (bicyclic) bond motifs is 1. The third-order valence-corrected chi connectivity index (χ3v) is 5.70. The Hall–Kier alpha value is -2.81. The molecule has 170 valence electrons. The Kier molecular flexibility index (Phi) is 8.11. The second kappa shape index (κ2) is 11.0. The first kappa shape index (κ1) is 22.9. The van der Waals surface area contributed by atoms with Crippen molar-refractivity contribution < 1.29 is 19.0 Å². The van der Waals surface area contributed by atoms with Gasteiger partial charge in [0.05, 0.1) is 27.4 Å². The van der Waals surface area contributed by atoms with Crippen molar-refractivity contribution in [2.24, 2.45) is 5.92 Å². The first-order valence-electron chi connectivity index (χ1n) is 10.7. The smallest absolute Gasteiger partial charge is 0.345 e. The van der Waals surface area contributed by atoms with E-state index >= 15 is 0 Å². The number of hydrogen-bond acceptors (Lipinski definition) is 6. The minimum absolute atomic E-state index is 0.0440. The highest BCUT2D eigenvalue weighted by molar-refractivity contribution is 5.76. The molecule has 0 saturated heterocycles. The van der Waals surface area contributed by atoms with Crippen LogP contribution in [0.3, 0.4) is 0 Å². The van der Waals surface area contributed by atoms with Crippen LogP contribution < -0.4 is 20.5 Å². The van der Waals surface area contributed by atoms with Crippen LogP contribution in [-0.4, -0.2) is 54.7 Å². The standard InChI is InChI=1S/C22H32N4O5/c1-29-13-12-26-22(28)25-11-9-17(5-7-20(25)24-26)15-21(27)23-10-8-16-4-6-18(30-2)19(14-16)31-3/h4,6,14,17H,5,7-13,15H2,1-3H3,(H,23,27). The molecule has 3 rings (SSSR count). The minimum atomic E-state index is -0.0907. The average Bonchev–Trinajstić information content (AvgIpc) is 2.94. The Labute approximate surface area is 182 Å². The lowest BCUT2D eigenvalue weighted by Crippen LogP contribution is -2.29. The molecule has 1 atom stereocenters. The number of amides is 1. The third-order valence-electron chi connectivity index (χ3n) is 5.70. The summed E-state index contributed by atoms with van der Waals surface area (Å²) >= 11 is 0. The largest absolute Gasteiger partial charge is 0.493 e. The average molecular weight is 433 g/mol. The van der Waals surface area contributed by atoms with Crippen LogP contribution in [0.15, 0.2) is 23.0 Å². The zero-order valence-electron chi connectivity index (χ0n) is 18.6. The van der Waals surface area contributed by atoms with Gasteiger partial charge in [0.1, 0.15) is 5.82 Å². The molecule has 0 aliphatic carbocycles. The van der Waals surface area contributed by atoms with Crippen LogP contribution in [0.1, 0.15) is 30.7 Å². The van der Waals surface area contributed by atoms with E-state index in [-0.39, 0.29) is 17.5 Å². The zero-order chi connectivity index (χ0) is 22.2. The molecule has 1 aliphatic heterocycles. The van der Waals surface area contributed by atoms with E-state index in [9.17, 15) is 9.59 Å². The molecule has 1 unspecified atom stereocenters. The molecule has 0 radical (unpaired) electrons. The van der Waals surface area contributed by atoms with Crippen molar-refractivity contribution in [2.75, 3.05) is 34.5 Å². The Morgan fingerprint density at radius 1 is 1.19 bits per heavy atom. The zero-order valence-corrected chi connectivity index (χ0v) is 18.6. The molecular formula is C22H32N4O5. The summed E-state index contributed by atoms with van der Waals surface area (Å²) in [6.07, 6.45) is 3.54. The van der Waals surface area contributed by atoms with Gasteiger partial charge in [-0.05, 0) is 42.9 Å². The van der Waals surface area contributed by atoms with Crippen molar-refractivity contribution in [1.82, 2.24) is 19.7 Å². The molecule has 1 aromatic heterocycles.